The largest absolute Gasteiger partial charge is 0.416 e. The summed E-state index contributed by atoms with van der Waals surface area (Å²) in [7, 11) is 1.89. The molecule has 1 aromatic carbocycles. The minimum absolute atomic E-state index is 0.0264. The van der Waals surface area contributed by atoms with Crippen molar-refractivity contribution in [3.05, 3.63) is 52.1 Å². The van der Waals surface area contributed by atoms with Gasteiger partial charge in [-0.25, -0.2) is 9.78 Å². The molecule has 0 atom stereocenters. The number of halogens is 3. The molecule has 0 fully saturated rings. The molecule has 0 aliphatic rings. The Kier molecular flexibility index (Phi) is 5.98. The van der Waals surface area contributed by atoms with Crippen LogP contribution in [0, 0.1) is 0 Å². The lowest BCUT2D eigenvalue weighted by atomic mass is 10.1. The van der Waals surface area contributed by atoms with Gasteiger partial charge in [0.25, 0.3) is 0 Å². The first-order valence-electron chi connectivity index (χ1n) is 8.88. The quantitative estimate of drug-likeness (QED) is 0.511. The van der Waals surface area contributed by atoms with E-state index >= 15 is 0 Å². The van der Waals surface area contributed by atoms with E-state index in [-0.39, 0.29) is 6.54 Å². The van der Waals surface area contributed by atoms with Gasteiger partial charge in [-0.2, -0.15) is 18.2 Å². The third-order valence-electron chi connectivity index (χ3n) is 4.24. The minimum atomic E-state index is -4.44. The lowest BCUT2D eigenvalue weighted by molar-refractivity contribution is -0.137. The predicted octanol–water partition coefficient (Wildman–Crippen LogP) is 2.60. The number of benzene rings is 1. The van der Waals surface area contributed by atoms with E-state index in [1.165, 1.54) is 16.8 Å². The van der Waals surface area contributed by atoms with Crippen LogP contribution in [-0.2, 0) is 12.7 Å². The Hall–Kier alpha value is -2.88. The Morgan fingerprint density at radius 3 is 2.75 bits per heavy atom. The second-order valence-corrected chi connectivity index (χ2v) is 6.38. The van der Waals surface area contributed by atoms with Crippen molar-refractivity contribution >= 4 is 17.1 Å². The summed E-state index contributed by atoms with van der Waals surface area (Å²) in [5.74, 6) is 0.369. The van der Waals surface area contributed by atoms with Crippen LogP contribution in [0.5, 0.6) is 0 Å². The van der Waals surface area contributed by atoms with E-state index in [4.69, 9.17) is 0 Å². The van der Waals surface area contributed by atoms with Crippen molar-refractivity contribution in [1.29, 1.82) is 0 Å². The molecule has 3 N–H and O–H groups in total. The summed E-state index contributed by atoms with van der Waals surface area (Å²) in [6, 6.07) is 4.90. The number of aromatic amines is 1. The normalized spacial score (nSPS) is 11.9. The van der Waals surface area contributed by atoms with Gasteiger partial charge in [0.15, 0.2) is 5.65 Å². The molecule has 150 valence electrons. The molecule has 0 bridgehead atoms. The van der Waals surface area contributed by atoms with E-state index in [1.54, 1.807) is 6.07 Å². The summed E-state index contributed by atoms with van der Waals surface area (Å²) in [4.78, 5) is 23.4. The molecule has 0 radical (unpaired) electrons. The van der Waals surface area contributed by atoms with Crippen LogP contribution in [0.4, 0.5) is 19.1 Å². The molecule has 3 aromatic rings. The molecule has 0 spiro atoms. The molecule has 2 aromatic heterocycles. The Balaban J connectivity index is 1.82. The Bertz CT molecular complexity index is 995. The Labute approximate surface area is 159 Å². The van der Waals surface area contributed by atoms with E-state index < -0.39 is 17.4 Å². The van der Waals surface area contributed by atoms with Gasteiger partial charge in [-0.3, -0.25) is 4.57 Å². The van der Waals surface area contributed by atoms with Crippen LogP contribution in [0.15, 0.2) is 35.3 Å². The van der Waals surface area contributed by atoms with Gasteiger partial charge >= 0.3 is 11.9 Å². The number of anilines is 1. The lowest BCUT2D eigenvalue weighted by Gasteiger charge is -2.09. The molecule has 0 saturated carbocycles. The summed E-state index contributed by atoms with van der Waals surface area (Å²) in [6.45, 7) is 1.56. The highest BCUT2D eigenvalue weighted by Crippen LogP contribution is 2.29. The number of alkyl halides is 3. The summed E-state index contributed by atoms with van der Waals surface area (Å²) >= 11 is 0. The SMILES string of the molecule is CNCCCCNc1ncc2[nH]c(=O)n(Cc3cccc(C(F)(F)F)c3)c2n1. The van der Waals surface area contributed by atoms with Crippen molar-refractivity contribution in [2.75, 3.05) is 25.5 Å². The molecule has 7 nitrogen and oxygen atoms in total. The molecule has 0 aliphatic carbocycles. The van der Waals surface area contributed by atoms with Gasteiger partial charge in [-0.1, -0.05) is 12.1 Å². The molecule has 28 heavy (non-hydrogen) atoms. The molecule has 0 aliphatic heterocycles. The third-order valence-corrected chi connectivity index (χ3v) is 4.24. The number of hydrogen-bond acceptors (Lipinski definition) is 5. The van der Waals surface area contributed by atoms with E-state index in [0.29, 0.717) is 29.2 Å². The van der Waals surface area contributed by atoms with Crippen molar-refractivity contribution in [2.45, 2.75) is 25.6 Å². The fourth-order valence-electron chi connectivity index (χ4n) is 2.83. The Morgan fingerprint density at radius 2 is 2.00 bits per heavy atom. The van der Waals surface area contributed by atoms with Gasteiger partial charge in [-0.05, 0) is 44.1 Å². The maximum Gasteiger partial charge on any atom is 0.416 e. The summed E-state index contributed by atoms with van der Waals surface area (Å²) in [6.07, 6.45) is -1.03. The van der Waals surface area contributed by atoms with E-state index in [1.807, 2.05) is 7.05 Å². The molecule has 0 unspecified atom stereocenters. The highest BCUT2D eigenvalue weighted by Gasteiger charge is 2.30. The average Bonchev–Trinajstić information content (AvgIpc) is 2.96. The van der Waals surface area contributed by atoms with Gasteiger partial charge in [-0.15, -0.1) is 0 Å². The average molecular weight is 394 g/mol. The van der Waals surface area contributed by atoms with E-state index in [9.17, 15) is 18.0 Å². The lowest BCUT2D eigenvalue weighted by Crippen LogP contribution is -2.18. The zero-order valence-corrected chi connectivity index (χ0v) is 15.3. The molecule has 0 amide bonds. The number of unbranched alkanes of at least 4 members (excludes halogenated alkanes) is 1. The third kappa shape index (κ3) is 4.69. The molecule has 2 heterocycles. The van der Waals surface area contributed by atoms with Crippen molar-refractivity contribution in [3.8, 4) is 0 Å². The van der Waals surface area contributed by atoms with Gasteiger partial charge in [0.05, 0.1) is 18.3 Å². The molecule has 10 heteroatoms. The van der Waals surface area contributed by atoms with Crippen LogP contribution in [-0.4, -0.2) is 39.7 Å². The van der Waals surface area contributed by atoms with Crippen LogP contribution in [0.1, 0.15) is 24.0 Å². The predicted molar refractivity (Wildman–Crippen MR) is 100 cm³/mol. The maximum absolute atomic E-state index is 12.9. The molecule has 3 rings (SSSR count). The number of nitrogens with one attached hydrogen (secondary N) is 3. The van der Waals surface area contributed by atoms with Gasteiger partial charge in [0, 0.05) is 6.54 Å². The zero-order chi connectivity index (χ0) is 20.1. The standard InChI is InChI=1S/C18H21F3N6O/c1-22-7-2-3-8-23-16-24-10-14-15(26-16)27(17(28)25-14)11-12-5-4-6-13(9-12)18(19,20)21/h4-6,9-10,22H,2-3,7-8,11H2,1H3,(H,25,28)(H,23,24,26). The van der Waals surface area contributed by atoms with Crippen LogP contribution < -0.4 is 16.3 Å². The zero-order valence-electron chi connectivity index (χ0n) is 15.3. The number of fused-ring (bicyclic) bond motifs is 1. The second kappa shape index (κ2) is 8.42. The van der Waals surface area contributed by atoms with Crippen molar-refractivity contribution in [2.24, 2.45) is 0 Å². The van der Waals surface area contributed by atoms with Gasteiger partial charge in [0.1, 0.15) is 5.52 Å². The number of H-pyrrole nitrogens is 1. The fraction of sp³-hybridized carbons (Fsp3) is 0.389. The maximum atomic E-state index is 12.9. The number of hydrogen-bond donors (Lipinski definition) is 3. The minimum Gasteiger partial charge on any atom is -0.354 e. The van der Waals surface area contributed by atoms with Gasteiger partial charge in [0.2, 0.25) is 5.95 Å². The highest BCUT2D eigenvalue weighted by molar-refractivity contribution is 5.71. The summed E-state index contributed by atoms with van der Waals surface area (Å²) in [5.41, 5.74) is -0.0739. The highest BCUT2D eigenvalue weighted by atomic mass is 19.4. The summed E-state index contributed by atoms with van der Waals surface area (Å²) < 4.78 is 40.1. The smallest absolute Gasteiger partial charge is 0.354 e. The van der Waals surface area contributed by atoms with E-state index in [2.05, 4.69) is 25.6 Å². The van der Waals surface area contributed by atoms with Crippen LogP contribution >= 0.6 is 0 Å². The number of nitrogens with zero attached hydrogens (tertiary/aromatic N) is 3. The topological polar surface area (TPSA) is 87.6 Å². The Morgan fingerprint density at radius 1 is 1.21 bits per heavy atom. The van der Waals surface area contributed by atoms with Crippen molar-refractivity contribution in [3.63, 3.8) is 0 Å². The van der Waals surface area contributed by atoms with E-state index in [0.717, 1.165) is 31.5 Å². The van der Waals surface area contributed by atoms with Crippen LogP contribution in [0.2, 0.25) is 0 Å². The first kappa shape index (κ1) is 19.9. The molecule has 0 saturated heterocycles. The number of aromatic nitrogens is 4. The first-order chi connectivity index (χ1) is 13.4. The summed E-state index contributed by atoms with van der Waals surface area (Å²) in [5, 5.41) is 6.16. The van der Waals surface area contributed by atoms with Crippen LogP contribution in [0.3, 0.4) is 0 Å². The monoisotopic (exact) mass is 394 g/mol. The van der Waals surface area contributed by atoms with Crippen LogP contribution in [0.25, 0.3) is 11.2 Å². The van der Waals surface area contributed by atoms with Crippen molar-refractivity contribution < 1.29 is 13.2 Å². The molecular weight excluding hydrogens is 373 g/mol. The van der Waals surface area contributed by atoms with Gasteiger partial charge < -0.3 is 15.6 Å². The fourth-order valence-corrected chi connectivity index (χ4v) is 2.83. The van der Waals surface area contributed by atoms with Crippen molar-refractivity contribution in [1.82, 2.24) is 24.8 Å². The molecular formula is C18H21F3N6O. The second-order valence-electron chi connectivity index (χ2n) is 6.38. The first-order valence-corrected chi connectivity index (χ1v) is 8.88. The number of imidazole rings is 1. The number of rotatable bonds is 8.